The molecule has 0 radical (unpaired) electrons. The van der Waals surface area contributed by atoms with Gasteiger partial charge in [0.15, 0.2) is 0 Å². The minimum Gasteiger partial charge on any atom is -0.495 e. The van der Waals surface area contributed by atoms with Gasteiger partial charge in [0, 0.05) is 19.0 Å². The van der Waals surface area contributed by atoms with E-state index in [4.69, 9.17) is 22.1 Å². The fourth-order valence-corrected chi connectivity index (χ4v) is 3.20. The molecule has 0 spiro atoms. The number of nitrogens with two attached hydrogens (primary N) is 1. The summed E-state index contributed by atoms with van der Waals surface area (Å²) >= 11 is 6.10. The lowest BCUT2D eigenvalue weighted by atomic mass is 10.1. The zero-order valence-electron chi connectivity index (χ0n) is 13.0. The average molecular weight is 347 g/mol. The minimum absolute atomic E-state index is 0. The van der Waals surface area contributed by atoms with Crippen molar-refractivity contribution < 1.29 is 9.53 Å². The van der Waals surface area contributed by atoms with Crippen molar-refractivity contribution in [2.75, 3.05) is 20.2 Å². The third-order valence-corrected chi connectivity index (χ3v) is 4.45. The maximum atomic E-state index is 12.3. The van der Waals surface area contributed by atoms with Crippen LogP contribution in [0.3, 0.4) is 0 Å². The van der Waals surface area contributed by atoms with Gasteiger partial charge in [-0.15, -0.1) is 12.4 Å². The molecule has 1 saturated heterocycles. The molecule has 1 aliphatic rings. The Morgan fingerprint density at radius 3 is 2.77 bits per heavy atom. The monoisotopic (exact) mass is 346 g/mol. The van der Waals surface area contributed by atoms with Gasteiger partial charge in [-0.3, -0.25) is 4.79 Å². The van der Waals surface area contributed by atoms with Crippen molar-refractivity contribution in [3.8, 4) is 5.75 Å². The van der Waals surface area contributed by atoms with Gasteiger partial charge in [-0.05, 0) is 49.9 Å². The van der Waals surface area contributed by atoms with E-state index < -0.39 is 0 Å². The number of carbonyl (C=O) groups is 1. The zero-order valence-corrected chi connectivity index (χ0v) is 14.6. The molecule has 0 aromatic heterocycles. The molecule has 2 atom stereocenters. The van der Waals surface area contributed by atoms with Crippen LogP contribution in [0.15, 0.2) is 18.2 Å². The lowest BCUT2D eigenvalue weighted by Gasteiger charge is -2.21. The molecule has 1 amide bonds. The topological polar surface area (TPSA) is 55.6 Å². The van der Waals surface area contributed by atoms with Crippen LogP contribution >= 0.6 is 24.0 Å². The minimum atomic E-state index is 0. The second kappa shape index (κ2) is 8.61. The molecule has 1 aromatic rings. The summed E-state index contributed by atoms with van der Waals surface area (Å²) in [6.07, 6.45) is 2.21. The standard InChI is InChI=1S/C16H23ClN2O2.ClH/c1-11-7-13(9-18)10-19(11)16(20)6-4-12-3-5-15(21-2)14(17)8-12;/h3,5,8,11,13H,4,6-7,9-10,18H2,1-2H3;1H. The second-order valence-corrected chi connectivity index (χ2v) is 6.11. The van der Waals surface area contributed by atoms with Crippen LogP contribution in [0.4, 0.5) is 0 Å². The molecule has 124 valence electrons. The highest BCUT2D eigenvalue weighted by atomic mass is 35.5. The molecule has 1 fully saturated rings. The molecule has 2 N–H and O–H groups in total. The summed E-state index contributed by atoms with van der Waals surface area (Å²) in [5.74, 6) is 1.30. The molecule has 1 aliphatic heterocycles. The number of rotatable bonds is 5. The Morgan fingerprint density at radius 2 is 2.23 bits per heavy atom. The number of hydrogen-bond acceptors (Lipinski definition) is 3. The Kier molecular flexibility index (Phi) is 7.46. The highest BCUT2D eigenvalue weighted by Crippen LogP contribution is 2.26. The van der Waals surface area contributed by atoms with Crippen molar-refractivity contribution in [2.45, 2.75) is 32.2 Å². The second-order valence-electron chi connectivity index (χ2n) is 5.70. The number of ether oxygens (including phenoxy) is 1. The fraction of sp³-hybridized carbons (Fsp3) is 0.562. The van der Waals surface area contributed by atoms with Crippen LogP contribution in [-0.2, 0) is 11.2 Å². The summed E-state index contributed by atoms with van der Waals surface area (Å²) in [5, 5.41) is 0.584. The molecular weight excluding hydrogens is 323 g/mol. The Bertz CT molecular complexity index is 511. The summed E-state index contributed by atoms with van der Waals surface area (Å²) in [6.45, 7) is 3.54. The van der Waals surface area contributed by atoms with E-state index in [-0.39, 0.29) is 18.3 Å². The lowest BCUT2D eigenvalue weighted by molar-refractivity contribution is -0.131. The van der Waals surface area contributed by atoms with Crippen molar-refractivity contribution in [1.82, 2.24) is 4.90 Å². The highest BCUT2D eigenvalue weighted by Gasteiger charge is 2.31. The van der Waals surface area contributed by atoms with Crippen molar-refractivity contribution in [3.63, 3.8) is 0 Å². The Labute approximate surface area is 143 Å². The van der Waals surface area contributed by atoms with Crippen LogP contribution in [0, 0.1) is 5.92 Å². The van der Waals surface area contributed by atoms with Gasteiger partial charge in [0.1, 0.15) is 5.75 Å². The van der Waals surface area contributed by atoms with Crippen LogP contribution in [0.2, 0.25) is 5.02 Å². The third kappa shape index (κ3) is 4.51. The van der Waals surface area contributed by atoms with Crippen LogP contribution in [0.25, 0.3) is 0 Å². The van der Waals surface area contributed by atoms with Gasteiger partial charge in [-0.25, -0.2) is 0 Å². The lowest BCUT2D eigenvalue weighted by Crippen LogP contribution is -2.34. The molecule has 0 aliphatic carbocycles. The number of carbonyl (C=O) groups excluding carboxylic acids is 1. The molecule has 22 heavy (non-hydrogen) atoms. The Morgan fingerprint density at radius 1 is 1.50 bits per heavy atom. The first-order chi connectivity index (χ1) is 10.0. The summed E-state index contributed by atoms with van der Waals surface area (Å²) in [5.41, 5.74) is 6.76. The first kappa shape index (κ1) is 19.1. The first-order valence-electron chi connectivity index (χ1n) is 7.37. The van der Waals surface area contributed by atoms with Crippen molar-refractivity contribution in [1.29, 1.82) is 0 Å². The molecule has 2 unspecified atom stereocenters. The molecule has 4 nitrogen and oxygen atoms in total. The summed E-state index contributed by atoms with van der Waals surface area (Å²) < 4.78 is 5.13. The van der Waals surface area contributed by atoms with Gasteiger partial charge in [0.25, 0.3) is 0 Å². The largest absolute Gasteiger partial charge is 0.495 e. The van der Waals surface area contributed by atoms with E-state index in [9.17, 15) is 4.79 Å². The smallest absolute Gasteiger partial charge is 0.223 e. The fourth-order valence-electron chi connectivity index (χ4n) is 2.92. The van der Waals surface area contributed by atoms with Gasteiger partial charge in [-0.1, -0.05) is 17.7 Å². The Balaban J connectivity index is 0.00000242. The molecule has 1 heterocycles. The maximum Gasteiger partial charge on any atom is 0.223 e. The third-order valence-electron chi connectivity index (χ3n) is 4.16. The van der Waals surface area contributed by atoms with Crippen molar-refractivity contribution >= 4 is 29.9 Å². The predicted molar refractivity (Wildman–Crippen MR) is 91.9 cm³/mol. The number of hydrogen-bond donors (Lipinski definition) is 1. The van der Waals surface area contributed by atoms with Crippen LogP contribution in [-0.4, -0.2) is 37.0 Å². The first-order valence-corrected chi connectivity index (χ1v) is 7.75. The average Bonchev–Trinajstić information content (AvgIpc) is 2.86. The molecule has 2 rings (SSSR count). The number of likely N-dealkylation sites (tertiary alicyclic amines) is 1. The van der Waals surface area contributed by atoms with E-state index in [0.717, 1.165) is 18.5 Å². The van der Waals surface area contributed by atoms with E-state index in [2.05, 4.69) is 6.92 Å². The van der Waals surface area contributed by atoms with Crippen molar-refractivity contribution in [2.24, 2.45) is 11.7 Å². The van der Waals surface area contributed by atoms with E-state index >= 15 is 0 Å². The van der Waals surface area contributed by atoms with E-state index in [1.165, 1.54) is 0 Å². The van der Waals surface area contributed by atoms with Crippen LogP contribution < -0.4 is 10.5 Å². The Hall–Kier alpha value is -0.970. The number of halogens is 2. The quantitative estimate of drug-likeness (QED) is 0.891. The number of methoxy groups -OCH3 is 1. The van der Waals surface area contributed by atoms with Gasteiger partial charge >= 0.3 is 0 Å². The zero-order chi connectivity index (χ0) is 15.4. The molecule has 0 saturated carbocycles. The van der Waals surface area contributed by atoms with Gasteiger partial charge in [0.05, 0.1) is 12.1 Å². The summed E-state index contributed by atoms with van der Waals surface area (Å²) in [6, 6.07) is 5.95. The molecule has 1 aromatic carbocycles. The SMILES string of the molecule is COc1ccc(CCC(=O)N2CC(CN)CC2C)cc1Cl.Cl. The number of amides is 1. The molecule has 6 heteroatoms. The normalized spacial score (nSPS) is 20.6. The van der Waals surface area contributed by atoms with E-state index in [0.29, 0.717) is 42.1 Å². The predicted octanol–water partition coefficient (Wildman–Crippen LogP) is 2.90. The molecule has 0 bridgehead atoms. The molecular formula is C16H24Cl2N2O2. The number of benzene rings is 1. The van der Waals surface area contributed by atoms with Gasteiger partial charge < -0.3 is 15.4 Å². The van der Waals surface area contributed by atoms with E-state index in [1.807, 2.05) is 23.1 Å². The number of aryl methyl sites for hydroxylation is 1. The van der Waals surface area contributed by atoms with Gasteiger partial charge in [0.2, 0.25) is 5.91 Å². The summed E-state index contributed by atoms with van der Waals surface area (Å²) in [7, 11) is 1.59. The van der Waals surface area contributed by atoms with Gasteiger partial charge in [-0.2, -0.15) is 0 Å². The highest BCUT2D eigenvalue weighted by molar-refractivity contribution is 6.32. The van der Waals surface area contributed by atoms with Crippen LogP contribution in [0.5, 0.6) is 5.75 Å². The summed E-state index contributed by atoms with van der Waals surface area (Å²) in [4.78, 5) is 14.3. The number of nitrogens with zero attached hydrogens (tertiary/aromatic N) is 1. The van der Waals surface area contributed by atoms with E-state index in [1.54, 1.807) is 7.11 Å². The maximum absolute atomic E-state index is 12.3. The van der Waals surface area contributed by atoms with Crippen LogP contribution in [0.1, 0.15) is 25.3 Å². The van der Waals surface area contributed by atoms with Crippen molar-refractivity contribution in [3.05, 3.63) is 28.8 Å².